The van der Waals surface area contributed by atoms with Crippen molar-refractivity contribution in [3.8, 4) is 18.1 Å². The highest BCUT2D eigenvalue weighted by Gasteiger charge is 2.16. The van der Waals surface area contributed by atoms with Gasteiger partial charge in [-0.1, -0.05) is 28.8 Å². The van der Waals surface area contributed by atoms with Crippen molar-refractivity contribution < 1.29 is 9.66 Å². The summed E-state index contributed by atoms with van der Waals surface area (Å²) < 4.78 is 7.14. The molecular formula is C20H15BrN4O4. The van der Waals surface area contributed by atoms with Gasteiger partial charge in [-0.25, -0.2) is 4.98 Å². The van der Waals surface area contributed by atoms with Gasteiger partial charge in [0, 0.05) is 22.5 Å². The first kappa shape index (κ1) is 20.2. The topological polar surface area (TPSA) is 99.6 Å². The van der Waals surface area contributed by atoms with Crippen LogP contribution in [-0.4, -0.2) is 27.4 Å². The van der Waals surface area contributed by atoms with Gasteiger partial charge >= 0.3 is 5.69 Å². The quantitative estimate of drug-likeness (QED) is 0.245. The van der Waals surface area contributed by atoms with E-state index in [9.17, 15) is 14.9 Å². The third-order valence-corrected chi connectivity index (χ3v) is 4.50. The molecule has 9 heteroatoms. The van der Waals surface area contributed by atoms with E-state index in [1.807, 2.05) is 13.0 Å². The van der Waals surface area contributed by atoms with Gasteiger partial charge in [-0.3, -0.25) is 14.9 Å². The second-order valence-electron chi connectivity index (χ2n) is 5.88. The highest BCUT2D eigenvalue weighted by Crippen LogP contribution is 2.27. The van der Waals surface area contributed by atoms with Crippen LogP contribution in [0.5, 0.6) is 5.75 Å². The molecule has 0 saturated heterocycles. The molecule has 0 amide bonds. The Morgan fingerprint density at radius 1 is 1.38 bits per heavy atom. The van der Waals surface area contributed by atoms with Gasteiger partial charge in [-0.2, -0.15) is 9.78 Å². The van der Waals surface area contributed by atoms with Crippen molar-refractivity contribution in [2.75, 3.05) is 6.61 Å². The minimum atomic E-state index is -0.568. The van der Waals surface area contributed by atoms with Gasteiger partial charge < -0.3 is 4.74 Å². The van der Waals surface area contributed by atoms with Crippen molar-refractivity contribution in [3.05, 3.63) is 72.7 Å². The Morgan fingerprint density at radius 2 is 2.17 bits per heavy atom. The Balaban J connectivity index is 2.05. The normalized spacial score (nSPS) is 10.9. The highest BCUT2D eigenvalue weighted by atomic mass is 79.9. The fourth-order valence-corrected chi connectivity index (χ4v) is 3.03. The van der Waals surface area contributed by atoms with Crippen LogP contribution in [0, 0.1) is 22.5 Å². The summed E-state index contributed by atoms with van der Waals surface area (Å²) in [5, 5.41) is 15.9. The number of nitrogens with zero attached hydrogens (tertiary/aromatic N) is 4. The summed E-state index contributed by atoms with van der Waals surface area (Å²) >= 11 is 3.35. The first-order valence-electron chi connectivity index (χ1n) is 8.54. The molecule has 0 saturated carbocycles. The third kappa shape index (κ3) is 4.33. The molecule has 0 atom stereocenters. The van der Waals surface area contributed by atoms with E-state index < -0.39 is 4.92 Å². The molecule has 0 aliphatic heterocycles. The molecule has 1 aromatic heterocycles. The number of hydrogen-bond acceptors (Lipinski definition) is 6. The highest BCUT2D eigenvalue weighted by molar-refractivity contribution is 9.10. The zero-order valence-corrected chi connectivity index (χ0v) is 16.9. The summed E-state index contributed by atoms with van der Waals surface area (Å²) in [7, 11) is 0. The Hall–Kier alpha value is -3.51. The average molecular weight is 455 g/mol. The van der Waals surface area contributed by atoms with Crippen LogP contribution < -0.4 is 10.3 Å². The van der Waals surface area contributed by atoms with Crippen LogP contribution in [0.25, 0.3) is 10.9 Å². The predicted octanol–water partition coefficient (Wildman–Crippen LogP) is 3.52. The molecule has 29 heavy (non-hydrogen) atoms. The van der Waals surface area contributed by atoms with Crippen molar-refractivity contribution in [2.45, 2.75) is 13.3 Å². The molecule has 0 radical (unpaired) electrons. The summed E-state index contributed by atoms with van der Waals surface area (Å²) in [6.07, 6.45) is 6.98. The lowest BCUT2D eigenvalue weighted by Crippen LogP contribution is -2.22. The Bertz CT molecular complexity index is 1230. The van der Waals surface area contributed by atoms with Crippen LogP contribution in [0.15, 0.2) is 50.8 Å². The first-order chi connectivity index (χ1) is 13.9. The van der Waals surface area contributed by atoms with E-state index in [0.717, 1.165) is 4.47 Å². The number of nitro groups is 1. The molecule has 146 valence electrons. The second-order valence-corrected chi connectivity index (χ2v) is 6.80. The molecular weight excluding hydrogens is 440 g/mol. The number of hydrogen-bond donors (Lipinski definition) is 0. The van der Waals surface area contributed by atoms with Crippen LogP contribution in [0.3, 0.4) is 0 Å². The number of nitro benzene ring substituents is 1. The number of aromatic nitrogens is 2. The summed E-state index contributed by atoms with van der Waals surface area (Å²) in [5.74, 6) is 2.80. The van der Waals surface area contributed by atoms with Gasteiger partial charge in [-0.15, -0.1) is 6.42 Å². The van der Waals surface area contributed by atoms with Gasteiger partial charge in [0.25, 0.3) is 5.56 Å². The van der Waals surface area contributed by atoms with Gasteiger partial charge in [0.05, 0.1) is 22.0 Å². The maximum Gasteiger partial charge on any atom is 0.311 e. The minimum absolute atomic E-state index is 0.0636. The molecule has 0 unspecified atom stereocenters. The second kappa shape index (κ2) is 8.67. The Morgan fingerprint density at radius 3 is 2.86 bits per heavy atom. The average Bonchev–Trinajstić information content (AvgIpc) is 2.72. The molecule has 8 nitrogen and oxygen atoms in total. The zero-order valence-electron chi connectivity index (χ0n) is 15.3. The monoisotopic (exact) mass is 454 g/mol. The molecule has 0 spiro atoms. The maximum absolute atomic E-state index is 12.9. The van der Waals surface area contributed by atoms with Gasteiger partial charge in [0.15, 0.2) is 5.75 Å². The molecule has 0 bridgehead atoms. The number of fused-ring (bicyclic) bond motifs is 1. The van der Waals surface area contributed by atoms with Gasteiger partial charge in [0.2, 0.25) is 0 Å². The number of rotatable bonds is 6. The maximum atomic E-state index is 12.9. The van der Waals surface area contributed by atoms with Crippen LogP contribution in [-0.2, 0) is 6.42 Å². The molecule has 0 aliphatic carbocycles. The van der Waals surface area contributed by atoms with Crippen molar-refractivity contribution in [1.82, 2.24) is 9.66 Å². The number of ether oxygens (including phenoxy) is 1. The summed E-state index contributed by atoms with van der Waals surface area (Å²) in [6, 6.07) is 9.58. The van der Waals surface area contributed by atoms with E-state index in [4.69, 9.17) is 11.2 Å². The molecule has 3 aromatic rings. The SMILES string of the molecule is C#CCOc1ccc(C=Nn2c(CC)nc3ccc(Br)cc3c2=O)cc1[N+](=O)[O-]. The van der Waals surface area contributed by atoms with Crippen molar-refractivity contribution in [3.63, 3.8) is 0 Å². The first-order valence-corrected chi connectivity index (χ1v) is 9.34. The fraction of sp³-hybridized carbons (Fsp3) is 0.150. The molecule has 0 fully saturated rings. The van der Waals surface area contributed by atoms with Gasteiger partial charge in [0.1, 0.15) is 12.4 Å². The predicted molar refractivity (Wildman–Crippen MR) is 113 cm³/mol. The molecule has 0 aliphatic rings. The molecule has 0 N–H and O–H groups in total. The Labute approximate surface area is 174 Å². The molecule has 2 aromatic carbocycles. The number of aryl methyl sites for hydroxylation is 1. The van der Waals surface area contributed by atoms with E-state index in [2.05, 4.69) is 31.9 Å². The third-order valence-electron chi connectivity index (χ3n) is 4.00. The summed E-state index contributed by atoms with van der Waals surface area (Å²) in [4.78, 5) is 28.1. The lowest BCUT2D eigenvalue weighted by Gasteiger charge is -2.08. The smallest absolute Gasteiger partial charge is 0.311 e. The van der Waals surface area contributed by atoms with Crippen LogP contribution >= 0.6 is 15.9 Å². The lowest BCUT2D eigenvalue weighted by molar-refractivity contribution is -0.385. The van der Waals surface area contributed by atoms with E-state index in [1.54, 1.807) is 18.2 Å². The number of halogens is 1. The van der Waals surface area contributed by atoms with Crippen LogP contribution in [0.1, 0.15) is 18.3 Å². The number of benzene rings is 2. The molecule has 3 rings (SSSR count). The fourth-order valence-electron chi connectivity index (χ4n) is 2.67. The van der Waals surface area contributed by atoms with Crippen molar-refractivity contribution in [2.24, 2.45) is 5.10 Å². The molecule has 1 heterocycles. The van der Waals surface area contributed by atoms with Crippen molar-refractivity contribution in [1.29, 1.82) is 0 Å². The van der Waals surface area contributed by atoms with Crippen LogP contribution in [0.2, 0.25) is 0 Å². The Kier molecular flexibility index (Phi) is 6.04. The van der Waals surface area contributed by atoms with Gasteiger partial charge in [-0.05, 0) is 30.3 Å². The van der Waals surface area contributed by atoms with E-state index in [1.165, 1.54) is 23.0 Å². The summed E-state index contributed by atoms with van der Waals surface area (Å²) in [5.41, 5.74) is 0.431. The number of terminal acetylenes is 1. The van der Waals surface area contributed by atoms with Crippen molar-refractivity contribution >= 4 is 38.7 Å². The summed E-state index contributed by atoms with van der Waals surface area (Å²) in [6.45, 7) is 1.78. The van der Waals surface area contributed by atoms with E-state index in [0.29, 0.717) is 28.7 Å². The van der Waals surface area contributed by atoms with E-state index in [-0.39, 0.29) is 23.6 Å². The minimum Gasteiger partial charge on any atom is -0.474 e. The van der Waals surface area contributed by atoms with E-state index >= 15 is 0 Å². The standard InChI is InChI=1S/C20H15BrN4O4/c1-3-9-29-18-8-5-13(10-17(18)25(27)28)12-22-24-19(4-2)23-16-7-6-14(21)11-15(16)20(24)26/h1,5-8,10-12H,4,9H2,2H3. The lowest BCUT2D eigenvalue weighted by atomic mass is 10.2. The van der Waals surface area contributed by atoms with Crippen LogP contribution in [0.4, 0.5) is 5.69 Å². The zero-order chi connectivity index (χ0) is 21.0. The largest absolute Gasteiger partial charge is 0.474 e.